The summed E-state index contributed by atoms with van der Waals surface area (Å²) in [7, 11) is -2.01. The minimum absolute atomic E-state index is 0.0586. The number of aryl methyl sites for hydroxylation is 1. The Kier molecular flexibility index (Phi) is 8.35. The predicted octanol–water partition coefficient (Wildman–Crippen LogP) is 4.19. The van der Waals surface area contributed by atoms with Crippen molar-refractivity contribution in [1.29, 1.82) is 0 Å². The van der Waals surface area contributed by atoms with Crippen LogP contribution in [-0.2, 0) is 19.6 Å². The van der Waals surface area contributed by atoms with Crippen LogP contribution in [0.5, 0.6) is 5.75 Å². The fourth-order valence-corrected chi connectivity index (χ4v) is 5.01. The third kappa shape index (κ3) is 6.16. The Labute approximate surface area is 217 Å². The number of nitrogens with zero attached hydrogens (tertiary/aromatic N) is 2. The van der Waals surface area contributed by atoms with Crippen LogP contribution in [-0.4, -0.2) is 46.0 Å². The van der Waals surface area contributed by atoms with Crippen LogP contribution in [0.1, 0.15) is 15.9 Å². The number of methoxy groups -OCH3 is 2. The number of hydrogen-bond acceptors (Lipinski definition) is 8. The van der Waals surface area contributed by atoms with Gasteiger partial charge in [0.15, 0.2) is 0 Å². The quantitative estimate of drug-likeness (QED) is 0.238. The van der Waals surface area contributed by atoms with Crippen molar-refractivity contribution in [3.63, 3.8) is 0 Å². The number of halogens is 1. The summed E-state index contributed by atoms with van der Waals surface area (Å²) in [4.78, 5) is 35.2. The number of anilines is 2. The van der Waals surface area contributed by atoms with Crippen LogP contribution in [0.15, 0.2) is 65.6 Å². The molecular formula is C24H22ClN3O8S. The number of hydrogen-bond donors (Lipinski definition) is 1. The molecule has 0 aliphatic rings. The van der Waals surface area contributed by atoms with E-state index in [0.717, 1.165) is 10.4 Å². The monoisotopic (exact) mass is 547 g/mol. The summed E-state index contributed by atoms with van der Waals surface area (Å²) >= 11 is 6.12. The first-order chi connectivity index (χ1) is 17.5. The summed E-state index contributed by atoms with van der Waals surface area (Å²) in [5, 5.41) is 14.1. The first kappa shape index (κ1) is 27.4. The van der Waals surface area contributed by atoms with Gasteiger partial charge in [0.25, 0.3) is 15.7 Å². The number of carbonyl (C=O) groups is 2. The first-order valence-corrected chi connectivity index (χ1v) is 12.4. The Morgan fingerprint density at radius 2 is 1.81 bits per heavy atom. The number of benzene rings is 3. The van der Waals surface area contributed by atoms with E-state index in [9.17, 15) is 28.1 Å². The van der Waals surface area contributed by atoms with Crippen molar-refractivity contribution >= 4 is 50.6 Å². The highest BCUT2D eigenvalue weighted by atomic mass is 35.5. The van der Waals surface area contributed by atoms with Gasteiger partial charge in [-0.1, -0.05) is 23.7 Å². The van der Waals surface area contributed by atoms with Crippen molar-refractivity contribution in [3.8, 4) is 5.75 Å². The van der Waals surface area contributed by atoms with E-state index in [2.05, 4.69) is 10.1 Å². The molecule has 194 valence electrons. The van der Waals surface area contributed by atoms with Gasteiger partial charge in [-0.2, -0.15) is 0 Å². The second-order valence-corrected chi connectivity index (χ2v) is 9.95. The van der Waals surface area contributed by atoms with Crippen molar-refractivity contribution in [2.45, 2.75) is 11.8 Å². The molecule has 11 nitrogen and oxygen atoms in total. The second kappa shape index (κ2) is 11.3. The van der Waals surface area contributed by atoms with Crippen LogP contribution in [0.4, 0.5) is 17.1 Å². The van der Waals surface area contributed by atoms with Crippen molar-refractivity contribution in [2.24, 2.45) is 0 Å². The lowest BCUT2D eigenvalue weighted by Gasteiger charge is -2.26. The molecule has 0 saturated heterocycles. The van der Waals surface area contributed by atoms with Gasteiger partial charge in [0.2, 0.25) is 5.91 Å². The smallest absolute Gasteiger partial charge is 0.337 e. The van der Waals surface area contributed by atoms with Crippen LogP contribution in [0, 0.1) is 17.0 Å². The van der Waals surface area contributed by atoms with E-state index in [1.165, 1.54) is 75.7 Å². The maximum Gasteiger partial charge on any atom is 0.337 e. The predicted molar refractivity (Wildman–Crippen MR) is 137 cm³/mol. The molecule has 3 aromatic rings. The highest BCUT2D eigenvalue weighted by Crippen LogP contribution is 2.35. The maximum atomic E-state index is 13.7. The lowest BCUT2D eigenvalue weighted by Crippen LogP contribution is -2.38. The van der Waals surface area contributed by atoms with Gasteiger partial charge in [-0.3, -0.25) is 19.2 Å². The largest absolute Gasteiger partial charge is 0.495 e. The third-order valence-corrected chi connectivity index (χ3v) is 7.22. The number of amides is 1. The molecule has 1 N–H and O–H groups in total. The molecule has 0 saturated carbocycles. The molecule has 1 amide bonds. The number of carbonyl (C=O) groups excluding carboxylic acids is 2. The lowest BCUT2D eigenvalue weighted by molar-refractivity contribution is -0.385. The van der Waals surface area contributed by atoms with E-state index in [1.54, 1.807) is 0 Å². The van der Waals surface area contributed by atoms with Gasteiger partial charge in [0, 0.05) is 22.3 Å². The molecule has 0 unspecified atom stereocenters. The molecule has 0 spiro atoms. The molecule has 13 heteroatoms. The van der Waals surface area contributed by atoms with Gasteiger partial charge in [-0.15, -0.1) is 0 Å². The highest BCUT2D eigenvalue weighted by Gasteiger charge is 2.31. The molecule has 37 heavy (non-hydrogen) atoms. The van der Waals surface area contributed by atoms with Crippen molar-refractivity contribution in [2.75, 3.05) is 30.4 Å². The van der Waals surface area contributed by atoms with E-state index in [1.807, 2.05) is 0 Å². The summed E-state index contributed by atoms with van der Waals surface area (Å²) in [5.74, 6) is -1.30. The zero-order valence-corrected chi connectivity index (χ0v) is 21.5. The van der Waals surface area contributed by atoms with E-state index in [-0.39, 0.29) is 33.3 Å². The molecule has 0 heterocycles. The van der Waals surface area contributed by atoms with Gasteiger partial charge in [0.1, 0.15) is 12.3 Å². The first-order valence-electron chi connectivity index (χ1n) is 10.6. The van der Waals surface area contributed by atoms with E-state index < -0.39 is 44.0 Å². The normalized spacial score (nSPS) is 10.9. The molecule has 0 bridgehead atoms. The number of nitro groups is 1. The van der Waals surface area contributed by atoms with Crippen LogP contribution in [0.25, 0.3) is 0 Å². The summed E-state index contributed by atoms with van der Waals surface area (Å²) in [6.07, 6.45) is 0. The number of ether oxygens (including phenoxy) is 2. The molecule has 0 aliphatic carbocycles. The highest BCUT2D eigenvalue weighted by molar-refractivity contribution is 7.92. The molecule has 0 fully saturated rings. The Morgan fingerprint density at radius 1 is 1.08 bits per heavy atom. The van der Waals surface area contributed by atoms with Crippen molar-refractivity contribution in [3.05, 3.63) is 86.9 Å². The van der Waals surface area contributed by atoms with Crippen LogP contribution < -0.4 is 14.4 Å². The second-order valence-electron chi connectivity index (χ2n) is 7.65. The Hall–Kier alpha value is -4.16. The summed E-state index contributed by atoms with van der Waals surface area (Å²) in [6, 6.07) is 13.5. The van der Waals surface area contributed by atoms with Gasteiger partial charge < -0.3 is 14.8 Å². The van der Waals surface area contributed by atoms with Crippen molar-refractivity contribution < 1.29 is 32.4 Å². The Balaban J connectivity index is 2.06. The molecule has 3 aromatic carbocycles. The van der Waals surface area contributed by atoms with E-state index >= 15 is 0 Å². The summed E-state index contributed by atoms with van der Waals surface area (Å²) in [6.45, 7) is 0.728. The minimum atomic E-state index is -4.53. The van der Waals surface area contributed by atoms with Gasteiger partial charge in [-0.05, 0) is 49.4 Å². The molecule has 3 rings (SSSR count). The Morgan fingerprint density at radius 3 is 2.46 bits per heavy atom. The van der Waals surface area contributed by atoms with Crippen LogP contribution in [0.3, 0.4) is 0 Å². The van der Waals surface area contributed by atoms with Crippen molar-refractivity contribution in [1.82, 2.24) is 0 Å². The fourth-order valence-electron chi connectivity index (χ4n) is 3.40. The van der Waals surface area contributed by atoms with Gasteiger partial charge in [0.05, 0.1) is 35.3 Å². The molecule has 0 aliphatic heterocycles. The van der Waals surface area contributed by atoms with E-state index in [4.69, 9.17) is 16.3 Å². The molecule has 0 aromatic heterocycles. The topological polar surface area (TPSA) is 145 Å². The maximum absolute atomic E-state index is 13.7. The zero-order valence-electron chi connectivity index (χ0n) is 19.9. The zero-order chi connectivity index (χ0) is 27.3. The van der Waals surface area contributed by atoms with Crippen LogP contribution in [0.2, 0.25) is 5.02 Å². The van der Waals surface area contributed by atoms with E-state index in [0.29, 0.717) is 0 Å². The third-order valence-electron chi connectivity index (χ3n) is 5.23. The fraction of sp³-hybridized carbons (Fsp3) is 0.167. The average Bonchev–Trinajstić information content (AvgIpc) is 2.86. The minimum Gasteiger partial charge on any atom is -0.495 e. The number of nitro benzene ring substituents is 1. The number of sulfonamides is 1. The number of nitrogens with one attached hydrogen (secondary N) is 1. The van der Waals surface area contributed by atoms with Gasteiger partial charge >= 0.3 is 5.97 Å². The Bertz CT molecular complexity index is 1480. The molecular weight excluding hydrogens is 526 g/mol. The standard InChI is InChI=1S/C24H22ClN3O8S/c1-15-7-9-19(13-20(15)28(31)32)37(33,34)27(21-12-17(25)8-10-22(21)35-2)14-23(29)26-18-6-4-5-16(11-18)24(30)36-3/h4-13H,14H2,1-3H3,(H,26,29). The number of rotatable bonds is 9. The molecule has 0 radical (unpaired) electrons. The molecule has 0 atom stereocenters. The van der Waals surface area contributed by atoms with Crippen LogP contribution >= 0.6 is 11.6 Å². The SMILES string of the molecule is COC(=O)c1cccc(NC(=O)CN(c2cc(Cl)ccc2OC)S(=O)(=O)c2ccc(C)c([N+](=O)[O-])c2)c1. The summed E-state index contributed by atoms with van der Waals surface area (Å²) in [5.41, 5.74) is 0.196. The van der Waals surface area contributed by atoms with Gasteiger partial charge in [-0.25, -0.2) is 13.2 Å². The lowest BCUT2D eigenvalue weighted by atomic mass is 10.2. The summed E-state index contributed by atoms with van der Waals surface area (Å²) < 4.78 is 38.2. The average molecular weight is 548 g/mol. The number of esters is 1.